The lowest BCUT2D eigenvalue weighted by molar-refractivity contribution is -0.139. The van der Waals surface area contributed by atoms with Gasteiger partial charge in [0.1, 0.15) is 25.3 Å². The number of carboxylic acids is 1. The molecule has 53 heavy (non-hydrogen) atoms. The van der Waals surface area contributed by atoms with Crippen molar-refractivity contribution in [1.82, 2.24) is 16.0 Å². The number of carboxylic acid groups (broad SMARTS) is 1. The lowest BCUT2D eigenvalue weighted by Gasteiger charge is -2.20. The van der Waals surface area contributed by atoms with E-state index >= 15 is 0 Å². The summed E-state index contributed by atoms with van der Waals surface area (Å²) >= 11 is 0. The minimum Gasteiger partial charge on any atom is -0.480 e. The highest BCUT2D eigenvalue weighted by Gasteiger charge is 2.31. The molecule has 2 aliphatic carbocycles. The highest BCUT2D eigenvalue weighted by atomic mass is 16.6. The highest BCUT2D eigenvalue weighted by Crippen LogP contribution is 2.45. The van der Waals surface area contributed by atoms with Gasteiger partial charge in [0.2, 0.25) is 5.91 Å². The topological polar surface area (TPSA) is 169 Å². The van der Waals surface area contributed by atoms with Gasteiger partial charge < -0.3 is 36.3 Å². The molecule has 0 spiro atoms. The van der Waals surface area contributed by atoms with Gasteiger partial charge in [-0.1, -0.05) is 97.1 Å². The molecule has 0 unspecified atom stereocenters. The van der Waals surface area contributed by atoms with Crippen molar-refractivity contribution >= 4 is 24.1 Å². The number of carbonyl (C=O) groups is 4. The third kappa shape index (κ3) is 8.86. The van der Waals surface area contributed by atoms with Crippen LogP contribution in [0.3, 0.4) is 0 Å². The van der Waals surface area contributed by atoms with Crippen molar-refractivity contribution in [3.05, 3.63) is 119 Å². The zero-order chi connectivity index (χ0) is 37.2. The molecule has 0 radical (unpaired) electrons. The van der Waals surface area contributed by atoms with Gasteiger partial charge in [0.05, 0.1) is 0 Å². The summed E-state index contributed by atoms with van der Waals surface area (Å²) in [5.41, 5.74) is 14.4. The fourth-order valence-electron chi connectivity index (χ4n) is 7.39. The second-order valence-electron chi connectivity index (χ2n) is 13.5. The van der Waals surface area contributed by atoms with Gasteiger partial charge in [-0.15, -0.1) is 0 Å². The molecule has 6 N–H and O–H groups in total. The van der Waals surface area contributed by atoms with Gasteiger partial charge in [0.25, 0.3) is 0 Å². The molecule has 0 aliphatic heterocycles. The van der Waals surface area contributed by atoms with E-state index < -0.39 is 30.2 Å². The highest BCUT2D eigenvalue weighted by molar-refractivity contribution is 5.86. The maximum atomic E-state index is 13.2. The Bertz CT molecular complexity index is 1840. The average molecular weight is 719 g/mol. The maximum Gasteiger partial charge on any atom is 0.407 e. The summed E-state index contributed by atoms with van der Waals surface area (Å²) in [7, 11) is 0. The van der Waals surface area contributed by atoms with E-state index in [1.54, 1.807) is 0 Å². The molecular weight excluding hydrogens is 672 g/mol. The van der Waals surface area contributed by atoms with E-state index in [0.29, 0.717) is 38.6 Å². The third-order valence-corrected chi connectivity index (χ3v) is 10.1. The van der Waals surface area contributed by atoms with E-state index in [0.717, 1.165) is 44.5 Å². The monoisotopic (exact) mass is 718 g/mol. The van der Waals surface area contributed by atoms with Gasteiger partial charge in [-0.2, -0.15) is 0 Å². The third-order valence-electron chi connectivity index (χ3n) is 10.1. The van der Waals surface area contributed by atoms with Gasteiger partial charge in [0.15, 0.2) is 0 Å². The standard InChI is InChI=1S/C42H46N4O7/c43-23-11-9-21-37(45-41(50)52-25-35-31-17-5-1-13-27(31)28-14-2-6-18-32(28)35)39(47)44-24-12-10-22-38(40(48)49)46-42(51)53-26-36-33-19-7-3-15-29(33)30-16-4-8-20-34(30)36/h1-8,13-20,35-38H,9-12,21-26,43H2,(H,44,47)(H,45,50)(H,46,51)(H,48,49)/t37-,38-/m0/s1. The van der Waals surface area contributed by atoms with Crippen LogP contribution in [-0.4, -0.2) is 67.6 Å². The minimum atomic E-state index is -1.17. The molecule has 0 saturated heterocycles. The summed E-state index contributed by atoms with van der Waals surface area (Å²) in [5, 5.41) is 17.8. The Morgan fingerprint density at radius 2 is 0.981 bits per heavy atom. The van der Waals surface area contributed by atoms with Gasteiger partial charge in [-0.25, -0.2) is 14.4 Å². The van der Waals surface area contributed by atoms with Crippen molar-refractivity contribution in [1.29, 1.82) is 0 Å². The number of amides is 3. The molecule has 2 aliphatic rings. The predicted octanol–water partition coefficient (Wildman–Crippen LogP) is 6.30. The fourth-order valence-corrected chi connectivity index (χ4v) is 7.39. The normalized spacial score (nSPS) is 13.8. The molecule has 6 rings (SSSR count). The quantitative estimate of drug-likeness (QED) is 0.0793. The Morgan fingerprint density at radius 3 is 1.42 bits per heavy atom. The molecule has 0 heterocycles. The van der Waals surface area contributed by atoms with Gasteiger partial charge in [0, 0.05) is 18.4 Å². The van der Waals surface area contributed by atoms with Crippen molar-refractivity contribution < 1.29 is 33.8 Å². The molecule has 0 aromatic heterocycles. The number of hydrogen-bond donors (Lipinski definition) is 5. The van der Waals surface area contributed by atoms with E-state index in [2.05, 4.69) is 28.1 Å². The number of unbranched alkanes of at least 4 members (excludes halogenated alkanes) is 2. The number of aliphatic carboxylic acids is 1. The molecule has 0 saturated carbocycles. The predicted molar refractivity (Wildman–Crippen MR) is 201 cm³/mol. The van der Waals surface area contributed by atoms with Crippen LogP contribution in [0.4, 0.5) is 9.59 Å². The SMILES string of the molecule is NCCCC[C@H](NC(=O)OCC1c2ccccc2-c2ccccc21)C(=O)NCCCC[C@H](NC(=O)OCC1c2ccccc2-c2ccccc21)C(=O)O. The first-order chi connectivity index (χ1) is 25.9. The summed E-state index contributed by atoms with van der Waals surface area (Å²) in [5.74, 6) is -1.78. The smallest absolute Gasteiger partial charge is 0.407 e. The molecule has 2 atom stereocenters. The van der Waals surface area contributed by atoms with Crippen LogP contribution in [0.1, 0.15) is 72.6 Å². The summed E-state index contributed by atoms with van der Waals surface area (Å²) in [6, 6.07) is 30.1. The van der Waals surface area contributed by atoms with Gasteiger partial charge in [-0.3, -0.25) is 4.79 Å². The zero-order valence-corrected chi connectivity index (χ0v) is 29.6. The maximum absolute atomic E-state index is 13.2. The summed E-state index contributed by atoms with van der Waals surface area (Å²) in [6.45, 7) is 0.935. The number of nitrogens with two attached hydrogens (primary N) is 1. The van der Waals surface area contributed by atoms with Crippen molar-refractivity contribution in [2.75, 3.05) is 26.3 Å². The molecule has 0 bridgehead atoms. The largest absolute Gasteiger partial charge is 0.480 e. The van der Waals surface area contributed by atoms with Crippen LogP contribution in [-0.2, 0) is 19.1 Å². The molecule has 4 aromatic rings. The lowest BCUT2D eigenvalue weighted by Crippen LogP contribution is -2.47. The molecule has 0 fully saturated rings. The number of nitrogens with one attached hydrogen (secondary N) is 3. The van der Waals surface area contributed by atoms with Crippen LogP contribution in [0.15, 0.2) is 97.1 Å². The average Bonchev–Trinajstić information content (AvgIpc) is 3.67. The van der Waals surface area contributed by atoms with Gasteiger partial charge >= 0.3 is 18.2 Å². The molecule has 4 aromatic carbocycles. The number of benzene rings is 4. The number of carbonyl (C=O) groups excluding carboxylic acids is 3. The Balaban J connectivity index is 0.940. The Morgan fingerprint density at radius 1 is 0.585 bits per heavy atom. The van der Waals surface area contributed by atoms with Crippen molar-refractivity contribution in [3.63, 3.8) is 0 Å². The van der Waals surface area contributed by atoms with Crippen LogP contribution in [0.25, 0.3) is 22.3 Å². The van der Waals surface area contributed by atoms with Crippen LogP contribution in [0.5, 0.6) is 0 Å². The number of alkyl carbamates (subject to hydrolysis) is 2. The second kappa shape index (κ2) is 17.7. The van der Waals surface area contributed by atoms with Crippen LogP contribution >= 0.6 is 0 Å². The van der Waals surface area contributed by atoms with Crippen molar-refractivity contribution in [2.45, 2.75) is 62.4 Å². The Labute approximate surface area is 309 Å². The van der Waals surface area contributed by atoms with Gasteiger partial charge in [-0.05, 0) is 89.6 Å². The number of fused-ring (bicyclic) bond motifs is 6. The van der Waals surface area contributed by atoms with Crippen molar-refractivity contribution in [2.24, 2.45) is 5.73 Å². The van der Waals surface area contributed by atoms with E-state index in [1.165, 1.54) is 0 Å². The van der Waals surface area contributed by atoms with Crippen LogP contribution in [0, 0.1) is 0 Å². The van der Waals surface area contributed by atoms with E-state index in [9.17, 15) is 24.3 Å². The molecule has 11 heteroatoms. The van der Waals surface area contributed by atoms with E-state index in [1.807, 2.05) is 84.9 Å². The zero-order valence-electron chi connectivity index (χ0n) is 29.6. The summed E-state index contributed by atoms with van der Waals surface area (Å²) < 4.78 is 11.2. The van der Waals surface area contributed by atoms with E-state index in [-0.39, 0.29) is 43.9 Å². The van der Waals surface area contributed by atoms with E-state index in [4.69, 9.17) is 15.2 Å². The van der Waals surface area contributed by atoms with Crippen LogP contribution in [0.2, 0.25) is 0 Å². The Hall–Kier alpha value is -5.68. The van der Waals surface area contributed by atoms with Crippen molar-refractivity contribution in [3.8, 4) is 22.3 Å². The lowest BCUT2D eigenvalue weighted by atomic mass is 9.98. The molecular formula is C42H46N4O7. The first-order valence-corrected chi connectivity index (χ1v) is 18.3. The molecule has 276 valence electrons. The first-order valence-electron chi connectivity index (χ1n) is 18.3. The molecule has 3 amide bonds. The first kappa shape index (κ1) is 37.1. The number of rotatable bonds is 17. The number of hydrogen-bond acceptors (Lipinski definition) is 7. The molecule has 11 nitrogen and oxygen atoms in total. The van der Waals surface area contributed by atoms with Crippen LogP contribution < -0.4 is 21.7 Å². The summed E-state index contributed by atoms with van der Waals surface area (Å²) in [6.07, 6.45) is 1.27. The Kier molecular flexibility index (Phi) is 12.4. The fraction of sp³-hybridized carbons (Fsp3) is 0.333. The minimum absolute atomic E-state index is 0.0781. The number of ether oxygens (including phenoxy) is 2. The second-order valence-corrected chi connectivity index (χ2v) is 13.5. The summed E-state index contributed by atoms with van der Waals surface area (Å²) in [4.78, 5) is 50.8.